The molecular weight excluding hydrogens is 523 g/mol. The SMILES string of the molecule is O=C(O)CCNC(=O)c1ccc(CCc2cc(-c3ccc(OC(F)(F)F)cc3)ccc2C(F)(F)F)c(F)c1. The number of carbonyl (C=O) groups is 2. The Morgan fingerprint density at radius 3 is 2.03 bits per heavy atom. The Hall–Kier alpha value is -4.09. The predicted molar refractivity (Wildman–Crippen MR) is 122 cm³/mol. The fraction of sp³-hybridized carbons (Fsp3) is 0.231. The van der Waals surface area contributed by atoms with Crippen LogP contribution in [0.1, 0.15) is 33.5 Å². The number of carbonyl (C=O) groups excluding carboxylic acids is 1. The molecule has 0 unspecified atom stereocenters. The van der Waals surface area contributed by atoms with E-state index in [0.29, 0.717) is 11.1 Å². The topological polar surface area (TPSA) is 75.6 Å². The Kier molecular flexibility index (Phi) is 8.64. The number of aryl methyl sites for hydroxylation is 2. The number of hydrogen-bond donors (Lipinski definition) is 2. The van der Waals surface area contributed by atoms with Gasteiger partial charge in [0.2, 0.25) is 0 Å². The first kappa shape index (κ1) is 28.5. The lowest BCUT2D eigenvalue weighted by Gasteiger charge is -2.15. The summed E-state index contributed by atoms with van der Waals surface area (Å²) in [5.41, 5.74) is -0.459. The summed E-state index contributed by atoms with van der Waals surface area (Å²) in [5, 5.41) is 10.9. The van der Waals surface area contributed by atoms with Crippen molar-refractivity contribution in [1.29, 1.82) is 0 Å². The molecule has 38 heavy (non-hydrogen) atoms. The summed E-state index contributed by atoms with van der Waals surface area (Å²) in [5.74, 6) is -3.12. The molecule has 3 aromatic rings. The van der Waals surface area contributed by atoms with E-state index in [1.165, 1.54) is 36.4 Å². The van der Waals surface area contributed by atoms with Crippen molar-refractivity contribution >= 4 is 11.9 Å². The van der Waals surface area contributed by atoms with Crippen LogP contribution in [0, 0.1) is 5.82 Å². The molecule has 3 rings (SSSR count). The largest absolute Gasteiger partial charge is 0.573 e. The highest BCUT2D eigenvalue weighted by Gasteiger charge is 2.33. The van der Waals surface area contributed by atoms with Gasteiger partial charge in [0, 0.05) is 12.1 Å². The first-order valence-corrected chi connectivity index (χ1v) is 11.1. The number of amides is 1. The van der Waals surface area contributed by atoms with Gasteiger partial charge in [0.15, 0.2) is 0 Å². The Labute approximate surface area is 211 Å². The van der Waals surface area contributed by atoms with Crippen molar-refractivity contribution in [2.24, 2.45) is 0 Å². The van der Waals surface area contributed by atoms with Crippen molar-refractivity contribution in [2.75, 3.05) is 6.54 Å². The zero-order valence-electron chi connectivity index (χ0n) is 19.4. The van der Waals surface area contributed by atoms with E-state index < -0.39 is 41.5 Å². The lowest BCUT2D eigenvalue weighted by atomic mass is 9.94. The molecule has 0 saturated carbocycles. The van der Waals surface area contributed by atoms with Crippen molar-refractivity contribution in [3.05, 3.63) is 88.7 Å². The molecule has 0 aliphatic carbocycles. The monoisotopic (exact) mass is 543 g/mol. The molecule has 0 radical (unpaired) electrons. The molecule has 0 aliphatic rings. The second kappa shape index (κ2) is 11.5. The summed E-state index contributed by atoms with van der Waals surface area (Å²) in [4.78, 5) is 22.6. The molecule has 5 nitrogen and oxygen atoms in total. The predicted octanol–water partition coefficient (Wildman–Crippen LogP) is 6.40. The number of nitrogens with one attached hydrogen (secondary N) is 1. The Morgan fingerprint density at radius 1 is 0.816 bits per heavy atom. The second-order valence-electron chi connectivity index (χ2n) is 8.15. The summed E-state index contributed by atoms with van der Waals surface area (Å²) in [6, 6.07) is 11.3. The van der Waals surface area contributed by atoms with Gasteiger partial charge >= 0.3 is 18.5 Å². The van der Waals surface area contributed by atoms with Crippen LogP contribution in [0.2, 0.25) is 0 Å². The molecule has 12 heteroatoms. The maximum Gasteiger partial charge on any atom is 0.573 e. The number of halogens is 7. The first-order chi connectivity index (χ1) is 17.7. The molecule has 0 fully saturated rings. The number of benzene rings is 3. The first-order valence-electron chi connectivity index (χ1n) is 11.1. The van der Waals surface area contributed by atoms with Gasteiger partial charge in [0.1, 0.15) is 11.6 Å². The molecule has 202 valence electrons. The zero-order chi connectivity index (χ0) is 28.1. The van der Waals surface area contributed by atoms with E-state index in [4.69, 9.17) is 5.11 Å². The van der Waals surface area contributed by atoms with Gasteiger partial charge in [-0.25, -0.2) is 4.39 Å². The van der Waals surface area contributed by atoms with E-state index in [-0.39, 0.29) is 42.5 Å². The number of hydrogen-bond acceptors (Lipinski definition) is 3. The molecule has 2 N–H and O–H groups in total. The van der Waals surface area contributed by atoms with Crippen LogP contribution in [-0.4, -0.2) is 29.9 Å². The van der Waals surface area contributed by atoms with Gasteiger partial charge in [-0.1, -0.05) is 30.3 Å². The maximum atomic E-state index is 14.6. The van der Waals surface area contributed by atoms with E-state index in [1.807, 2.05) is 0 Å². The quantitative estimate of drug-likeness (QED) is 0.307. The number of aliphatic carboxylic acids is 1. The minimum Gasteiger partial charge on any atom is -0.481 e. The summed E-state index contributed by atoms with van der Waals surface area (Å²) in [7, 11) is 0. The van der Waals surface area contributed by atoms with Gasteiger partial charge in [-0.05, 0) is 65.4 Å². The second-order valence-corrected chi connectivity index (χ2v) is 8.15. The van der Waals surface area contributed by atoms with E-state index in [1.54, 1.807) is 0 Å². The molecule has 0 spiro atoms. The van der Waals surface area contributed by atoms with Crippen LogP contribution < -0.4 is 10.1 Å². The van der Waals surface area contributed by atoms with E-state index in [2.05, 4.69) is 10.1 Å². The number of rotatable bonds is 9. The van der Waals surface area contributed by atoms with Crippen LogP contribution in [0.5, 0.6) is 5.75 Å². The highest BCUT2D eigenvalue weighted by Crippen LogP contribution is 2.35. The van der Waals surface area contributed by atoms with Crippen LogP contribution in [-0.2, 0) is 23.8 Å². The van der Waals surface area contributed by atoms with Crippen LogP contribution in [0.15, 0.2) is 60.7 Å². The number of ether oxygens (including phenoxy) is 1. The van der Waals surface area contributed by atoms with Gasteiger partial charge in [0.05, 0.1) is 12.0 Å². The lowest BCUT2D eigenvalue weighted by Crippen LogP contribution is -2.26. The molecule has 0 saturated heterocycles. The van der Waals surface area contributed by atoms with Crippen molar-refractivity contribution in [1.82, 2.24) is 5.32 Å². The van der Waals surface area contributed by atoms with Crippen LogP contribution >= 0.6 is 0 Å². The average molecular weight is 543 g/mol. The summed E-state index contributed by atoms with van der Waals surface area (Å²) < 4.78 is 96.4. The standard InChI is InChI=1S/C26H20F7NO4/c27-22-14-19(24(37)34-12-11-23(35)36)4-2-16(22)1-3-18-13-17(7-10-21(18)25(28,29)30)15-5-8-20(9-6-15)38-26(31,32)33/h2,4-10,13-14H,1,3,11-12H2,(H,34,37)(H,35,36). The third-order valence-corrected chi connectivity index (χ3v) is 5.44. The molecular formula is C26H20F7NO4. The third-order valence-electron chi connectivity index (χ3n) is 5.44. The minimum absolute atomic E-state index is 0.0549. The number of alkyl halides is 6. The van der Waals surface area contributed by atoms with Gasteiger partial charge < -0.3 is 15.2 Å². The molecule has 1 amide bonds. The lowest BCUT2D eigenvalue weighted by molar-refractivity contribution is -0.274. The van der Waals surface area contributed by atoms with Crippen molar-refractivity contribution in [2.45, 2.75) is 31.8 Å². The molecule has 3 aromatic carbocycles. The highest BCUT2D eigenvalue weighted by atomic mass is 19.4. The van der Waals surface area contributed by atoms with Crippen molar-refractivity contribution in [3.63, 3.8) is 0 Å². The van der Waals surface area contributed by atoms with E-state index >= 15 is 0 Å². The van der Waals surface area contributed by atoms with Crippen LogP contribution in [0.25, 0.3) is 11.1 Å². The fourth-order valence-corrected chi connectivity index (χ4v) is 3.65. The van der Waals surface area contributed by atoms with Gasteiger partial charge in [0.25, 0.3) is 5.91 Å². The number of carboxylic acids is 1. The third kappa shape index (κ3) is 7.95. The smallest absolute Gasteiger partial charge is 0.481 e. The summed E-state index contributed by atoms with van der Waals surface area (Å²) in [6.07, 6.45) is -10.3. The van der Waals surface area contributed by atoms with Gasteiger partial charge in [-0.15, -0.1) is 13.2 Å². The zero-order valence-corrected chi connectivity index (χ0v) is 19.4. The molecule has 0 aliphatic heterocycles. The van der Waals surface area contributed by atoms with Crippen LogP contribution in [0.3, 0.4) is 0 Å². The Morgan fingerprint density at radius 2 is 1.45 bits per heavy atom. The van der Waals surface area contributed by atoms with Gasteiger partial charge in [-0.3, -0.25) is 9.59 Å². The minimum atomic E-state index is -4.89. The maximum absolute atomic E-state index is 14.6. The average Bonchev–Trinajstić information content (AvgIpc) is 2.81. The highest BCUT2D eigenvalue weighted by molar-refractivity contribution is 5.94. The molecule has 0 bridgehead atoms. The summed E-state index contributed by atoms with van der Waals surface area (Å²) >= 11 is 0. The van der Waals surface area contributed by atoms with Crippen molar-refractivity contribution < 1.29 is 50.2 Å². The van der Waals surface area contributed by atoms with E-state index in [0.717, 1.165) is 24.3 Å². The molecule has 0 aromatic heterocycles. The molecule has 0 heterocycles. The number of carboxylic acid groups (broad SMARTS) is 1. The Bertz CT molecular complexity index is 1300. The summed E-state index contributed by atoms with van der Waals surface area (Å²) in [6.45, 7) is -0.161. The molecule has 0 atom stereocenters. The Balaban J connectivity index is 1.79. The van der Waals surface area contributed by atoms with E-state index in [9.17, 15) is 40.3 Å². The normalized spacial score (nSPS) is 11.8. The van der Waals surface area contributed by atoms with Gasteiger partial charge in [-0.2, -0.15) is 13.2 Å². The van der Waals surface area contributed by atoms with Crippen molar-refractivity contribution in [3.8, 4) is 16.9 Å². The van der Waals surface area contributed by atoms with Crippen LogP contribution in [0.4, 0.5) is 30.7 Å². The fourth-order valence-electron chi connectivity index (χ4n) is 3.65.